The number of fused-ring (bicyclic) bond motifs is 10. The van der Waals surface area contributed by atoms with Crippen molar-refractivity contribution in [2.75, 3.05) is 4.90 Å². The molecule has 0 aliphatic heterocycles. The van der Waals surface area contributed by atoms with E-state index in [1.165, 1.54) is 44.5 Å². The molecule has 8 aromatic carbocycles. The average molecular weight is 761 g/mol. The lowest BCUT2D eigenvalue weighted by molar-refractivity contribution is 0.620. The summed E-state index contributed by atoms with van der Waals surface area (Å²) in [4.78, 5) is 7.59. The number of aromatic nitrogens is 1. The lowest BCUT2D eigenvalue weighted by atomic mass is 9.82. The number of para-hydroxylation sites is 1. The molecule has 282 valence electrons. The van der Waals surface area contributed by atoms with Gasteiger partial charge in [0.1, 0.15) is 16.7 Å². The number of hydrogen-bond acceptors (Lipinski definition) is 4. The van der Waals surface area contributed by atoms with Crippen LogP contribution in [0.3, 0.4) is 0 Å². The third-order valence-corrected chi connectivity index (χ3v) is 13.1. The minimum Gasteiger partial charge on any atom is -0.455 e. The van der Waals surface area contributed by atoms with Crippen LogP contribution in [0, 0.1) is 0 Å². The van der Waals surface area contributed by atoms with E-state index in [2.05, 4.69) is 160 Å². The quantitative estimate of drug-likeness (QED) is 0.175. The van der Waals surface area contributed by atoms with Crippen LogP contribution in [0.1, 0.15) is 49.9 Å². The van der Waals surface area contributed by atoms with Gasteiger partial charge in [-0.15, -0.1) is 0 Å². The van der Waals surface area contributed by atoms with Crippen molar-refractivity contribution in [2.45, 2.75) is 38.5 Å². The van der Waals surface area contributed by atoms with Crippen LogP contribution in [0.2, 0.25) is 0 Å². The Bertz CT molecular complexity index is 3330. The first kappa shape index (κ1) is 33.9. The molecular formula is C55H40N2O2. The Hall–Kier alpha value is -7.17. The van der Waals surface area contributed by atoms with Crippen LogP contribution in [-0.4, -0.2) is 4.98 Å². The third-order valence-electron chi connectivity index (χ3n) is 13.1. The van der Waals surface area contributed by atoms with E-state index in [0.717, 1.165) is 66.8 Å². The normalized spacial score (nSPS) is 14.4. The number of benzene rings is 8. The number of anilines is 3. The van der Waals surface area contributed by atoms with E-state index in [1.54, 1.807) is 0 Å². The Labute approximate surface area is 343 Å². The molecular weight excluding hydrogens is 721 g/mol. The zero-order valence-electron chi connectivity index (χ0n) is 33.4. The maximum Gasteiger partial charge on any atom is 0.227 e. The van der Waals surface area contributed by atoms with Gasteiger partial charge in [0.05, 0.1) is 11.3 Å². The predicted molar refractivity (Wildman–Crippen MR) is 242 cm³/mol. The van der Waals surface area contributed by atoms with E-state index < -0.39 is 0 Å². The molecule has 0 amide bonds. The van der Waals surface area contributed by atoms with Gasteiger partial charge in [0.15, 0.2) is 5.58 Å². The standard InChI is InChI=1S/C55H40N2O2/c1-54(2)42-20-11-8-17-37(42)40-31-36(29-30-44(40)54)57(46-23-14-22-45-50(46)39-19-9-12-21-43(39)55(45,3)4)35-27-25-33(26-28-35)49-51-48(59-53(56-51)34-15-6-5-7-16-34)32-41-38-18-10-13-24-47(38)58-52(41)49/h5-32H,1-4H3. The van der Waals surface area contributed by atoms with E-state index in [-0.39, 0.29) is 10.8 Å². The maximum atomic E-state index is 6.68. The smallest absolute Gasteiger partial charge is 0.227 e. The van der Waals surface area contributed by atoms with Gasteiger partial charge in [-0.1, -0.05) is 143 Å². The van der Waals surface area contributed by atoms with Crippen LogP contribution in [0.15, 0.2) is 179 Å². The monoisotopic (exact) mass is 760 g/mol. The summed E-state index contributed by atoms with van der Waals surface area (Å²) in [6.07, 6.45) is 0. The van der Waals surface area contributed by atoms with Crippen LogP contribution in [-0.2, 0) is 10.8 Å². The van der Waals surface area contributed by atoms with Crippen molar-refractivity contribution in [1.29, 1.82) is 0 Å². The van der Waals surface area contributed by atoms with Gasteiger partial charge in [0.2, 0.25) is 5.89 Å². The molecule has 0 unspecified atom stereocenters. The van der Waals surface area contributed by atoms with E-state index in [9.17, 15) is 0 Å². The van der Waals surface area contributed by atoms with E-state index in [1.807, 2.05) is 42.5 Å². The highest BCUT2D eigenvalue weighted by Crippen LogP contribution is 2.56. The second-order valence-corrected chi connectivity index (χ2v) is 17.1. The summed E-state index contributed by atoms with van der Waals surface area (Å²) in [5.41, 5.74) is 19.7. The number of furan rings is 1. The van der Waals surface area contributed by atoms with Crippen LogP contribution in [0.5, 0.6) is 0 Å². The lowest BCUT2D eigenvalue weighted by Gasteiger charge is -2.30. The van der Waals surface area contributed by atoms with Gasteiger partial charge in [-0.05, 0) is 99.1 Å². The second-order valence-electron chi connectivity index (χ2n) is 17.1. The van der Waals surface area contributed by atoms with Crippen molar-refractivity contribution in [1.82, 2.24) is 4.98 Å². The molecule has 10 aromatic rings. The summed E-state index contributed by atoms with van der Waals surface area (Å²) in [5, 5.41) is 2.06. The maximum absolute atomic E-state index is 6.68. The summed E-state index contributed by atoms with van der Waals surface area (Å²) in [6.45, 7) is 9.38. The predicted octanol–water partition coefficient (Wildman–Crippen LogP) is 15.1. The number of rotatable bonds is 5. The Kier molecular flexibility index (Phi) is 7.00. The van der Waals surface area contributed by atoms with Gasteiger partial charge in [0.25, 0.3) is 0 Å². The Morgan fingerprint density at radius 3 is 1.90 bits per heavy atom. The van der Waals surface area contributed by atoms with Crippen molar-refractivity contribution in [3.63, 3.8) is 0 Å². The Morgan fingerprint density at radius 1 is 0.441 bits per heavy atom. The second kappa shape index (κ2) is 12.2. The molecule has 0 atom stereocenters. The number of hydrogen-bond donors (Lipinski definition) is 0. The first-order chi connectivity index (χ1) is 28.8. The molecule has 4 heteroatoms. The van der Waals surface area contributed by atoms with Gasteiger partial charge >= 0.3 is 0 Å². The highest BCUT2D eigenvalue weighted by molar-refractivity contribution is 6.17. The highest BCUT2D eigenvalue weighted by Gasteiger charge is 2.39. The molecule has 0 radical (unpaired) electrons. The molecule has 0 spiro atoms. The molecule has 2 aliphatic carbocycles. The Morgan fingerprint density at radius 2 is 1.08 bits per heavy atom. The van der Waals surface area contributed by atoms with Crippen LogP contribution < -0.4 is 4.90 Å². The number of nitrogens with zero attached hydrogens (tertiary/aromatic N) is 2. The molecule has 2 heterocycles. The minimum absolute atomic E-state index is 0.0849. The van der Waals surface area contributed by atoms with Gasteiger partial charge in [-0.2, -0.15) is 0 Å². The summed E-state index contributed by atoms with van der Waals surface area (Å²) in [6, 6.07) is 61.0. The third kappa shape index (κ3) is 4.80. The largest absolute Gasteiger partial charge is 0.455 e. The fourth-order valence-electron chi connectivity index (χ4n) is 10.2. The first-order valence-electron chi connectivity index (χ1n) is 20.5. The van der Waals surface area contributed by atoms with Gasteiger partial charge in [0, 0.05) is 44.1 Å². The molecule has 0 saturated carbocycles. The first-order valence-corrected chi connectivity index (χ1v) is 20.5. The zero-order chi connectivity index (χ0) is 39.6. The van der Waals surface area contributed by atoms with Gasteiger partial charge < -0.3 is 13.7 Å². The van der Waals surface area contributed by atoms with Crippen molar-refractivity contribution >= 4 is 50.1 Å². The fourth-order valence-corrected chi connectivity index (χ4v) is 10.2. The number of oxazole rings is 1. The zero-order valence-corrected chi connectivity index (χ0v) is 33.4. The van der Waals surface area contributed by atoms with Crippen molar-refractivity contribution in [3.05, 3.63) is 192 Å². The molecule has 0 bridgehead atoms. The highest BCUT2D eigenvalue weighted by atomic mass is 16.4. The SMILES string of the molecule is CC1(C)c2ccccc2-c2cc(N(c3ccc(-c4c5nc(-c6ccccc6)oc5cc5c4oc4ccccc45)cc3)c3cccc4c3-c3ccccc3C4(C)C)ccc21. The fraction of sp³-hybridized carbons (Fsp3) is 0.109. The van der Waals surface area contributed by atoms with Crippen molar-refractivity contribution in [3.8, 4) is 44.8 Å². The Balaban J connectivity index is 1.08. The van der Waals surface area contributed by atoms with Crippen LogP contribution >= 0.6 is 0 Å². The molecule has 2 aliphatic rings. The molecule has 0 N–H and O–H groups in total. The average Bonchev–Trinajstić information content (AvgIpc) is 3.99. The molecule has 4 nitrogen and oxygen atoms in total. The van der Waals surface area contributed by atoms with Crippen LogP contribution in [0.25, 0.3) is 77.9 Å². The molecule has 0 fully saturated rings. The summed E-state index contributed by atoms with van der Waals surface area (Å²) >= 11 is 0. The van der Waals surface area contributed by atoms with Gasteiger partial charge in [-0.25, -0.2) is 4.98 Å². The van der Waals surface area contributed by atoms with E-state index in [0.29, 0.717) is 5.89 Å². The van der Waals surface area contributed by atoms with Crippen LogP contribution in [0.4, 0.5) is 17.1 Å². The molecule has 59 heavy (non-hydrogen) atoms. The van der Waals surface area contributed by atoms with Crippen molar-refractivity contribution in [2.24, 2.45) is 0 Å². The molecule has 2 aromatic heterocycles. The van der Waals surface area contributed by atoms with E-state index >= 15 is 0 Å². The summed E-state index contributed by atoms with van der Waals surface area (Å²) in [5.74, 6) is 0.587. The lowest BCUT2D eigenvalue weighted by Crippen LogP contribution is -2.16. The molecule has 0 saturated heterocycles. The van der Waals surface area contributed by atoms with E-state index in [4.69, 9.17) is 13.8 Å². The molecule has 12 rings (SSSR count). The van der Waals surface area contributed by atoms with Gasteiger partial charge in [-0.3, -0.25) is 0 Å². The summed E-state index contributed by atoms with van der Waals surface area (Å²) in [7, 11) is 0. The van der Waals surface area contributed by atoms with Crippen molar-refractivity contribution < 1.29 is 8.83 Å². The summed E-state index contributed by atoms with van der Waals surface area (Å²) < 4.78 is 13.2. The topological polar surface area (TPSA) is 42.4 Å². The minimum atomic E-state index is -0.134.